The summed E-state index contributed by atoms with van der Waals surface area (Å²) in [5.74, 6) is 0.293. The first kappa shape index (κ1) is 21.9. The van der Waals surface area contributed by atoms with E-state index in [1.54, 1.807) is 49.4 Å². The Morgan fingerprint density at radius 1 is 1.14 bits per heavy atom. The summed E-state index contributed by atoms with van der Waals surface area (Å²) in [6.45, 7) is 1.52. The fraction of sp³-hybridized carbons (Fsp3) is 0.300. The van der Waals surface area contributed by atoms with Gasteiger partial charge in [-0.2, -0.15) is 0 Å². The van der Waals surface area contributed by atoms with Gasteiger partial charge in [0.25, 0.3) is 5.91 Å². The Labute approximate surface area is 174 Å². The molecule has 2 amide bonds. The highest BCUT2D eigenvalue weighted by Gasteiger charge is 2.26. The van der Waals surface area contributed by atoms with E-state index < -0.39 is 6.04 Å². The van der Waals surface area contributed by atoms with Gasteiger partial charge in [0, 0.05) is 23.6 Å². The number of nitrogens with one attached hydrogen (secondary N) is 1. The van der Waals surface area contributed by atoms with Crippen LogP contribution >= 0.6 is 23.2 Å². The number of hydrogen-bond acceptors (Lipinski definition) is 4. The molecule has 1 atom stereocenters. The van der Waals surface area contributed by atoms with Crippen LogP contribution in [0.5, 0.6) is 11.5 Å². The van der Waals surface area contributed by atoms with Crippen molar-refractivity contribution in [3.05, 3.63) is 58.1 Å². The highest BCUT2D eigenvalue weighted by molar-refractivity contribution is 6.35. The third-order valence-electron chi connectivity index (χ3n) is 4.19. The van der Waals surface area contributed by atoms with Gasteiger partial charge in [0.05, 0.1) is 7.11 Å². The maximum atomic E-state index is 12.9. The van der Waals surface area contributed by atoms with Crippen molar-refractivity contribution in [2.45, 2.75) is 19.5 Å². The van der Waals surface area contributed by atoms with Crippen LogP contribution in [0.15, 0.2) is 42.5 Å². The van der Waals surface area contributed by atoms with Gasteiger partial charge < -0.3 is 19.7 Å². The molecule has 0 aliphatic carbocycles. The molecule has 150 valence electrons. The number of carbonyl (C=O) groups excluding carboxylic acids is 2. The van der Waals surface area contributed by atoms with Crippen LogP contribution in [0, 0.1) is 0 Å². The molecule has 1 N–H and O–H groups in total. The number of rotatable bonds is 8. The summed E-state index contributed by atoms with van der Waals surface area (Å²) in [5, 5.41) is 3.46. The molecule has 0 heterocycles. The van der Waals surface area contributed by atoms with Gasteiger partial charge in [0.1, 0.15) is 6.04 Å². The highest BCUT2D eigenvalue weighted by atomic mass is 35.5. The minimum Gasteiger partial charge on any atom is -0.493 e. The summed E-state index contributed by atoms with van der Waals surface area (Å²) in [5.41, 5.74) is 0.674. The van der Waals surface area contributed by atoms with E-state index in [1.165, 1.54) is 19.1 Å². The minimum absolute atomic E-state index is 0.138. The molecule has 2 rings (SSSR count). The molecule has 6 nitrogen and oxygen atoms in total. The van der Waals surface area contributed by atoms with Crippen molar-refractivity contribution in [2.75, 3.05) is 20.8 Å². The lowest BCUT2D eigenvalue weighted by Gasteiger charge is -2.28. The lowest BCUT2D eigenvalue weighted by atomic mass is 10.1. The Kier molecular flexibility index (Phi) is 7.96. The van der Waals surface area contributed by atoms with Crippen LogP contribution in [0.2, 0.25) is 10.0 Å². The Bertz CT molecular complexity index is 845. The molecule has 0 spiro atoms. The first-order valence-corrected chi connectivity index (χ1v) is 9.33. The molecular formula is C20H22Cl2N2O4. The van der Waals surface area contributed by atoms with Crippen molar-refractivity contribution in [3.63, 3.8) is 0 Å². The third-order valence-corrected chi connectivity index (χ3v) is 4.78. The van der Waals surface area contributed by atoms with Crippen LogP contribution in [0.3, 0.4) is 0 Å². The standard InChI is InChI=1S/C20H22Cl2N2O4/c1-13(20(26)23-2)24(11-14-8-9-15(21)10-16(14)22)19(25)12-28-18-7-5-4-6-17(18)27-3/h4-10,13H,11-12H2,1-3H3,(H,23,26)/t13-/m1/s1. The predicted molar refractivity (Wildman–Crippen MR) is 109 cm³/mol. The number of hydrogen-bond donors (Lipinski definition) is 1. The molecule has 0 fully saturated rings. The first-order valence-electron chi connectivity index (χ1n) is 8.58. The second-order valence-electron chi connectivity index (χ2n) is 5.99. The lowest BCUT2D eigenvalue weighted by molar-refractivity contribution is -0.142. The first-order chi connectivity index (χ1) is 13.4. The number of ether oxygens (including phenoxy) is 2. The second kappa shape index (κ2) is 10.2. The van der Waals surface area contributed by atoms with Gasteiger partial charge in [-0.05, 0) is 36.8 Å². The van der Waals surface area contributed by atoms with E-state index in [9.17, 15) is 9.59 Å². The Balaban J connectivity index is 2.20. The molecule has 0 bridgehead atoms. The number of likely N-dealkylation sites (N-methyl/N-ethyl adjacent to an activating group) is 1. The molecule has 0 saturated heterocycles. The Hall–Kier alpha value is -2.44. The molecule has 0 aliphatic heterocycles. The summed E-state index contributed by atoms with van der Waals surface area (Å²) in [6.07, 6.45) is 0. The summed E-state index contributed by atoms with van der Waals surface area (Å²) >= 11 is 12.2. The molecule has 0 aromatic heterocycles. The highest BCUT2D eigenvalue weighted by Crippen LogP contribution is 2.26. The van der Waals surface area contributed by atoms with Crippen LogP contribution < -0.4 is 14.8 Å². The molecular weight excluding hydrogens is 403 g/mol. The second-order valence-corrected chi connectivity index (χ2v) is 6.83. The number of para-hydroxylation sites is 2. The zero-order chi connectivity index (χ0) is 20.7. The van der Waals surface area contributed by atoms with Crippen molar-refractivity contribution in [2.24, 2.45) is 0 Å². The van der Waals surface area contributed by atoms with E-state index >= 15 is 0 Å². The van der Waals surface area contributed by atoms with Crippen molar-refractivity contribution in [1.29, 1.82) is 0 Å². The summed E-state index contributed by atoms with van der Waals surface area (Å²) < 4.78 is 10.8. The van der Waals surface area contributed by atoms with Crippen LogP contribution in [-0.2, 0) is 16.1 Å². The fourth-order valence-electron chi connectivity index (χ4n) is 2.59. The Morgan fingerprint density at radius 2 is 1.82 bits per heavy atom. The van der Waals surface area contributed by atoms with Gasteiger partial charge in [0.15, 0.2) is 18.1 Å². The molecule has 2 aromatic carbocycles. The van der Waals surface area contributed by atoms with Gasteiger partial charge in [-0.15, -0.1) is 0 Å². The number of methoxy groups -OCH3 is 1. The average molecular weight is 425 g/mol. The van der Waals surface area contributed by atoms with Crippen LogP contribution in [0.1, 0.15) is 12.5 Å². The fourth-order valence-corrected chi connectivity index (χ4v) is 3.05. The number of halogens is 2. The molecule has 8 heteroatoms. The largest absolute Gasteiger partial charge is 0.493 e. The number of nitrogens with zero attached hydrogens (tertiary/aromatic N) is 1. The topological polar surface area (TPSA) is 67.9 Å². The van der Waals surface area contributed by atoms with E-state index in [-0.39, 0.29) is 25.0 Å². The van der Waals surface area contributed by atoms with E-state index in [0.29, 0.717) is 27.1 Å². The maximum absolute atomic E-state index is 12.9. The summed E-state index contributed by atoms with van der Waals surface area (Å²) in [6, 6.07) is 11.3. The SMILES string of the molecule is CNC(=O)[C@@H](C)N(Cc1ccc(Cl)cc1Cl)C(=O)COc1ccccc1OC. The maximum Gasteiger partial charge on any atom is 0.261 e. The molecule has 0 aliphatic rings. The van der Waals surface area contributed by atoms with Crippen LogP contribution in [-0.4, -0.2) is 43.5 Å². The van der Waals surface area contributed by atoms with Gasteiger partial charge in [0.2, 0.25) is 5.91 Å². The van der Waals surface area contributed by atoms with Crippen molar-refractivity contribution >= 4 is 35.0 Å². The predicted octanol–water partition coefficient (Wildman–Crippen LogP) is 3.54. The van der Waals surface area contributed by atoms with Crippen molar-refractivity contribution in [1.82, 2.24) is 10.2 Å². The minimum atomic E-state index is -0.717. The Morgan fingerprint density at radius 3 is 2.43 bits per heavy atom. The third kappa shape index (κ3) is 5.53. The smallest absolute Gasteiger partial charge is 0.261 e. The van der Waals surface area contributed by atoms with Gasteiger partial charge >= 0.3 is 0 Å². The molecule has 2 aromatic rings. The number of carbonyl (C=O) groups is 2. The normalized spacial score (nSPS) is 11.5. The summed E-state index contributed by atoms with van der Waals surface area (Å²) in [7, 11) is 3.04. The zero-order valence-corrected chi connectivity index (χ0v) is 17.4. The number of amides is 2. The van der Waals surface area contributed by atoms with E-state index in [4.69, 9.17) is 32.7 Å². The molecule has 0 saturated carbocycles. The average Bonchev–Trinajstić information content (AvgIpc) is 2.70. The zero-order valence-electron chi connectivity index (χ0n) is 15.9. The monoisotopic (exact) mass is 424 g/mol. The lowest BCUT2D eigenvalue weighted by Crippen LogP contribution is -2.48. The number of benzene rings is 2. The van der Waals surface area contributed by atoms with E-state index in [1.807, 2.05) is 0 Å². The van der Waals surface area contributed by atoms with Gasteiger partial charge in [-0.3, -0.25) is 9.59 Å². The van der Waals surface area contributed by atoms with Crippen LogP contribution in [0.4, 0.5) is 0 Å². The van der Waals surface area contributed by atoms with E-state index in [2.05, 4.69) is 5.32 Å². The molecule has 0 radical (unpaired) electrons. The molecule has 28 heavy (non-hydrogen) atoms. The quantitative estimate of drug-likeness (QED) is 0.703. The van der Waals surface area contributed by atoms with Crippen LogP contribution in [0.25, 0.3) is 0 Å². The van der Waals surface area contributed by atoms with E-state index in [0.717, 1.165) is 0 Å². The van der Waals surface area contributed by atoms with Crippen molar-refractivity contribution < 1.29 is 19.1 Å². The van der Waals surface area contributed by atoms with Crippen molar-refractivity contribution in [3.8, 4) is 11.5 Å². The molecule has 0 unspecified atom stereocenters. The summed E-state index contributed by atoms with van der Waals surface area (Å²) in [4.78, 5) is 26.4. The van der Waals surface area contributed by atoms with Gasteiger partial charge in [-0.1, -0.05) is 41.4 Å². The van der Waals surface area contributed by atoms with Gasteiger partial charge in [-0.25, -0.2) is 0 Å².